The molecule has 5 rings (SSSR count). The fourth-order valence-electron chi connectivity index (χ4n) is 3.12. The Balaban J connectivity index is 1.47. The summed E-state index contributed by atoms with van der Waals surface area (Å²) in [5.74, 6) is 0. The number of hydrogen-bond donors (Lipinski definition) is 0. The van der Waals surface area contributed by atoms with Crippen molar-refractivity contribution in [2.45, 2.75) is 13.0 Å². The van der Waals surface area contributed by atoms with Crippen molar-refractivity contribution < 1.29 is 0 Å². The fraction of sp³-hybridized carbons (Fsp3) is 0.100. The summed E-state index contributed by atoms with van der Waals surface area (Å²) >= 11 is 7.83. The van der Waals surface area contributed by atoms with E-state index in [2.05, 4.69) is 27.4 Å². The van der Waals surface area contributed by atoms with Crippen molar-refractivity contribution in [2.24, 2.45) is 0 Å². The summed E-state index contributed by atoms with van der Waals surface area (Å²) in [7, 11) is 0. The van der Waals surface area contributed by atoms with Gasteiger partial charge in [-0.25, -0.2) is 9.67 Å². The molecule has 0 aliphatic rings. The Bertz CT molecular complexity index is 1230. The van der Waals surface area contributed by atoms with E-state index >= 15 is 0 Å². The van der Waals surface area contributed by atoms with E-state index in [0.29, 0.717) is 6.54 Å². The van der Waals surface area contributed by atoms with Gasteiger partial charge in [-0.1, -0.05) is 28.9 Å². The summed E-state index contributed by atoms with van der Waals surface area (Å²) < 4.78 is 3.08. The van der Waals surface area contributed by atoms with Crippen LogP contribution < -0.4 is 0 Å². The highest BCUT2D eigenvalue weighted by Crippen LogP contribution is 2.25. The molecule has 0 atom stereocenters. The molecule has 27 heavy (non-hydrogen) atoms. The lowest BCUT2D eigenvalue weighted by Gasteiger charge is -2.04. The maximum atomic E-state index is 6.09. The van der Waals surface area contributed by atoms with Crippen LogP contribution in [-0.2, 0) is 13.0 Å². The third-order valence-corrected chi connectivity index (χ3v) is 5.70. The predicted octanol–water partition coefficient (Wildman–Crippen LogP) is 4.73. The van der Waals surface area contributed by atoms with Gasteiger partial charge in [-0.2, -0.15) is 0 Å². The molecule has 5 nitrogen and oxygen atoms in total. The topological polar surface area (TPSA) is 56.5 Å². The predicted molar refractivity (Wildman–Crippen MR) is 108 cm³/mol. The van der Waals surface area contributed by atoms with Crippen molar-refractivity contribution in [1.29, 1.82) is 0 Å². The first-order chi connectivity index (χ1) is 13.2. The molecule has 5 aromatic rings. The van der Waals surface area contributed by atoms with E-state index in [1.807, 2.05) is 53.5 Å². The van der Waals surface area contributed by atoms with Crippen molar-refractivity contribution in [3.05, 3.63) is 82.1 Å². The van der Waals surface area contributed by atoms with Crippen LogP contribution in [0.3, 0.4) is 0 Å². The SMILES string of the molecule is Clc1cccc(Cc2ccc3nnn(Cc4cc5cnccc5s4)c3n2)c1. The number of nitrogens with zero attached hydrogens (tertiary/aromatic N) is 5. The molecular formula is C20H14ClN5S. The lowest BCUT2D eigenvalue weighted by molar-refractivity contribution is 0.670. The highest BCUT2D eigenvalue weighted by atomic mass is 35.5. The molecule has 4 heterocycles. The van der Waals surface area contributed by atoms with Gasteiger partial charge in [0.2, 0.25) is 0 Å². The zero-order chi connectivity index (χ0) is 18.2. The van der Waals surface area contributed by atoms with E-state index in [9.17, 15) is 0 Å². The summed E-state index contributed by atoms with van der Waals surface area (Å²) in [5, 5.41) is 10.4. The summed E-state index contributed by atoms with van der Waals surface area (Å²) in [6.45, 7) is 0.642. The van der Waals surface area contributed by atoms with Crippen LogP contribution in [0.15, 0.2) is 60.9 Å². The first kappa shape index (κ1) is 16.4. The number of thiophene rings is 1. The van der Waals surface area contributed by atoms with Crippen LogP contribution in [-0.4, -0.2) is 25.0 Å². The van der Waals surface area contributed by atoms with Crippen LogP contribution in [0, 0.1) is 0 Å². The summed E-state index contributed by atoms with van der Waals surface area (Å²) in [5.41, 5.74) is 3.69. The average Bonchev–Trinajstić information content (AvgIpc) is 3.25. The maximum absolute atomic E-state index is 6.09. The molecule has 1 aromatic carbocycles. The molecule has 0 saturated heterocycles. The Kier molecular flexibility index (Phi) is 4.07. The first-order valence-electron chi connectivity index (χ1n) is 8.51. The molecule has 0 bridgehead atoms. The normalized spacial score (nSPS) is 11.4. The van der Waals surface area contributed by atoms with Crippen LogP contribution in [0.25, 0.3) is 21.3 Å². The monoisotopic (exact) mass is 391 g/mol. The maximum Gasteiger partial charge on any atom is 0.179 e. The Morgan fingerprint density at radius 1 is 1.07 bits per heavy atom. The minimum Gasteiger partial charge on any atom is -0.264 e. The van der Waals surface area contributed by atoms with Gasteiger partial charge in [0, 0.05) is 44.5 Å². The van der Waals surface area contributed by atoms with Gasteiger partial charge < -0.3 is 0 Å². The molecule has 0 saturated carbocycles. The number of rotatable bonds is 4. The van der Waals surface area contributed by atoms with Crippen molar-refractivity contribution in [3.63, 3.8) is 0 Å². The van der Waals surface area contributed by atoms with Gasteiger partial charge in [-0.3, -0.25) is 4.98 Å². The van der Waals surface area contributed by atoms with E-state index in [0.717, 1.165) is 39.3 Å². The van der Waals surface area contributed by atoms with Crippen molar-refractivity contribution in [2.75, 3.05) is 0 Å². The van der Waals surface area contributed by atoms with E-state index in [1.54, 1.807) is 11.3 Å². The Morgan fingerprint density at radius 2 is 2.04 bits per heavy atom. The molecule has 0 aliphatic carbocycles. The van der Waals surface area contributed by atoms with Crippen LogP contribution in [0.2, 0.25) is 5.02 Å². The van der Waals surface area contributed by atoms with Gasteiger partial charge >= 0.3 is 0 Å². The van der Waals surface area contributed by atoms with Gasteiger partial charge in [0.25, 0.3) is 0 Å². The standard InChI is InChI=1S/C20H14ClN5S/c21-15-3-1-2-13(8-15)9-16-4-5-18-20(23-16)26(25-24-18)12-17-10-14-11-22-7-6-19(14)27-17/h1-8,10-11H,9,12H2. The van der Waals surface area contributed by atoms with Crippen LogP contribution in [0.4, 0.5) is 0 Å². The Hall–Kier alpha value is -2.83. The highest BCUT2D eigenvalue weighted by Gasteiger charge is 2.10. The van der Waals surface area contributed by atoms with Gasteiger partial charge in [0.1, 0.15) is 5.52 Å². The van der Waals surface area contributed by atoms with E-state index in [-0.39, 0.29) is 0 Å². The Labute approximate surface area is 164 Å². The number of aromatic nitrogens is 5. The molecule has 0 radical (unpaired) electrons. The molecule has 132 valence electrons. The second-order valence-electron chi connectivity index (χ2n) is 6.33. The van der Waals surface area contributed by atoms with Crippen molar-refractivity contribution in [3.8, 4) is 0 Å². The van der Waals surface area contributed by atoms with Gasteiger partial charge in [0.05, 0.1) is 6.54 Å². The van der Waals surface area contributed by atoms with Crippen molar-refractivity contribution in [1.82, 2.24) is 25.0 Å². The summed E-state index contributed by atoms with van der Waals surface area (Å²) in [4.78, 5) is 10.2. The highest BCUT2D eigenvalue weighted by molar-refractivity contribution is 7.19. The number of halogens is 1. The lowest BCUT2D eigenvalue weighted by atomic mass is 10.1. The number of hydrogen-bond acceptors (Lipinski definition) is 5. The minimum atomic E-state index is 0.642. The molecule has 0 unspecified atom stereocenters. The third-order valence-electron chi connectivity index (χ3n) is 4.36. The number of fused-ring (bicyclic) bond motifs is 2. The second kappa shape index (κ2) is 6.72. The largest absolute Gasteiger partial charge is 0.264 e. The van der Waals surface area contributed by atoms with Gasteiger partial charge in [-0.05, 0) is 42.0 Å². The molecular weight excluding hydrogens is 378 g/mol. The lowest BCUT2D eigenvalue weighted by Crippen LogP contribution is -2.02. The molecule has 0 aliphatic heterocycles. The van der Waals surface area contributed by atoms with Crippen LogP contribution >= 0.6 is 22.9 Å². The second-order valence-corrected chi connectivity index (χ2v) is 7.93. The smallest absolute Gasteiger partial charge is 0.179 e. The first-order valence-corrected chi connectivity index (χ1v) is 9.70. The Morgan fingerprint density at radius 3 is 2.93 bits per heavy atom. The summed E-state index contributed by atoms with van der Waals surface area (Å²) in [6.07, 6.45) is 4.42. The number of benzene rings is 1. The zero-order valence-electron chi connectivity index (χ0n) is 14.2. The molecule has 4 aromatic heterocycles. The van der Waals surface area contributed by atoms with Crippen molar-refractivity contribution >= 4 is 44.2 Å². The van der Waals surface area contributed by atoms with Gasteiger partial charge in [0.15, 0.2) is 5.65 Å². The molecule has 0 N–H and O–H groups in total. The number of pyridine rings is 2. The van der Waals surface area contributed by atoms with E-state index in [4.69, 9.17) is 16.6 Å². The molecule has 7 heteroatoms. The van der Waals surface area contributed by atoms with E-state index < -0.39 is 0 Å². The molecule has 0 spiro atoms. The molecule has 0 amide bonds. The summed E-state index contributed by atoms with van der Waals surface area (Å²) in [6, 6.07) is 16.0. The zero-order valence-corrected chi connectivity index (χ0v) is 15.8. The van der Waals surface area contributed by atoms with Crippen LogP contribution in [0.1, 0.15) is 16.1 Å². The van der Waals surface area contributed by atoms with Gasteiger partial charge in [-0.15, -0.1) is 16.4 Å². The van der Waals surface area contributed by atoms with E-state index in [1.165, 1.54) is 9.58 Å². The fourth-order valence-corrected chi connectivity index (χ4v) is 4.35. The third kappa shape index (κ3) is 3.29. The quantitative estimate of drug-likeness (QED) is 0.444. The average molecular weight is 392 g/mol. The molecule has 0 fully saturated rings. The minimum absolute atomic E-state index is 0.642. The van der Waals surface area contributed by atoms with Crippen LogP contribution in [0.5, 0.6) is 0 Å².